The molecule has 1 saturated carbocycles. The largest absolute Gasteiger partial charge is 0.354 e. The van der Waals surface area contributed by atoms with Crippen LogP contribution in [0.15, 0.2) is 0 Å². The Bertz CT molecular complexity index is 198. The lowest BCUT2D eigenvalue weighted by molar-refractivity contribution is -0.111. The summed E-state index contributed by atoms with van der Waals surface area (Å²) in [6.45, 7) is 6.51. The number of rotatable bonds is 3. The highest BCUT2D eigenvalue weighted by Crippen LogP contribution is 2.54. The summed E-state index contributed by atoms with van der Waals surface area (Å²) in [6.07, 6.45) is 0.821. The number of hydrogen-bond donors (Lipinski definition) is 2. The van der Waals surface area contributed by atoms with Crippen molar-refractivity contribution in [1.29, 1.82) is 0 Å². The number of fused-ring (bicyclic) bond motifs is 1. The van der Waals surface area contributed by atoms with Crippen LogP contribution in [0.4, 0.5) is 0 Å². The molecule has 76 valence electrons. The summed E-state index contributed by atoms with van der Waals surface area (Å²) in [5.41, 5.74) is -0.000810. The van der Waals surface area contributed by atoms with E-state index in [1.165, 1.54) is 0 Å². The van der Waals surface area contributed by atoms with Gasteiger partial charge in [-0.1, -0.05) is 0 Å². The minimum absolute atomic E-state index is 0. The zero-order valence-electron chi connectivity index (χ0n) is 8.04. The van der Waals surface area contributed by atoms with Gasteiger partial charge in [-0.3, -0.25) is 4.79 Å². The molecule has 2 N–H and O–H groups in total. The standard InChI is InChI=1S/C9H16N2O.ClH/c1-9(2,11-5-12)8-6-3-10-4-7(6)8;/h5-8,10H,3-4H2,1-2H3,(H,11,12);1H. The van der Waals surface area contributed by atoms with E-state index in [4.69, 9.17) is 0 Å². The van der Waals surface area contributed by atoms with Crippen LogP contribution in [0.3, 0.4) is 0 Å². The van der Waals surface area contributed by atoms with Gasteiger partial charge in [0.1, 0.15) is 0 Å². The topological polar surface area (TPSA) is 41.1 Å². The first-order valence-corrected chi connectivity index (χ1v) is 4.59. The zero-order chi connectivity index (χ0) is 8.77. The number of piperidine rings is 1. The van der Waals surface area contributed by atoms with Crippen LogP contribution >= 0.6 is 12.4 Å². The smallest absolute Gasteiger partial charge is 0.207 e. The minimum Gasteiger partial charge on any atom is -0.354 e. The van der Waals surface area contributed by atoms with Crippen LogP contribution in [0, 0.1) is 17.8 Å². The van der Waals surface area contributed by atoms with Crippen LogP contribution in [0.2, 0.25) is 0 Å². The van der Waals surface area contributed by atoms with Crippen LogP contribution in [0.25, 0.3) is 0 Å². The Hall–Kier alpha value is -0.280. The van der Waals surface area contributed by atoms with E-state index in [9.17, 15) is 4.79 Å². The number of carbonyl (C=O) groups excluding carboxylic acids is 1. The van der Waals surface area contributed by atoms with Crippen molar-refractivity contribution in [1.82, 2.24) is 10.6 Å². The van der Waals surface area contributed by atoms with Gasteiger partial charge in [-0.15, -0.1) is 12.4 Å². The average molecular weight is 205 g/mol. The van der Waals surface area contributed by atoms with Crippen molar-refractivity contribution < 1.29 is 4.79 Å². The summed E-state index contributed by atoms with van der Waals surface area (Å²) in [7, 11) is 0. The van der Waals surface area contributed by atoms with Crippen molar-refractivity contribution in [3.63, 3.8) is 0 Å². The molecule has 1 aliphatic heterocycles. The molecule has 1 heterocycles. The van der Waals surface area contributed by atoms with E-state index in [-0.39, 0.29) is 17.9 Å². The first-order chi connectivity index (χ1) is 5.67. The summed E-state index contributed by atoms with van der Waals surface area (Å²) < 4.78 is 0. The van der Waals surface area contributed by atoms with Crippen LogP contribution in [0.1, 0.15) is 13.8 Å². The Labute approximate surface area is 85.1 Å². The van der Waals surface area contributed by atoms with E-state index < -0.39 is 0 Å². The van der Waals surface area contributed by atoms with Crippen molar-refractivity contribution in [3.8, 4) is 0 Å². The molecular formula is C9H17ClN2O. The van der Waals surface area contributed by atoms with Gasteiger partial charge in [0.2, 0.25) is 6.41 Å². The Morgan fingerprint density at radius 3 is 2.38 bits per heavy atom. The minimum atomic E-state index is -0.000810. The highest BCUT2D eigenvalue weighted by Gasteiger charge is 2.59. The molecule has 1 saturated heterocycles. The monoisotopic (exact) mass is 204 g/mol. The molecule has 4 heteroatoms. The number of hydrogen-bond acceptors (Lipinski definition) is 2. The summed E-state index contributed by atoms with van der Waals surface area (Å²) in [5.74, 6) is 2.32. The predicted octanol–water partition coefficient (Wildman–Crippen LogP) is 0.398. The number of nitrogens with one attached hydrogen (secondary N) is 2. The third kappa shape index (κ3) is 1.67. The lowest BCUT2D eigenvalue weighted by Crippen LogP contribution is -2.43. The fourth-order valence-electron chi connectivity index (χ4n) is 2.74. The van der Waals surface area contributed by atoms with E-state index in [1.807, 2.05) is 0 Å². The van der Waals surface area contributed by atoms with Gasteiger partial charge in [-0.25, -0.2) is 0 Å². The second kappa shape index (κ2) is 3.46. The van der Waals surface area contributed by atoms with E-state index >= 15 is 0 Å². The summed E-state index contributed by atoms with van der Waals surface area (Å²) in [5, 5.41) is 6.25. The lowest BCUT2D eigenvalue weighted by Gasteiger charge is -2.26. The SMILES string of the molecule is CC(C)(NC=O)C1C2CNCC21.Cl. The third-order valence-electron chi connectivity index (χ3n) is 3.36. The first kappa shape index (κ1) is 10.8. The Balaban J connectivity index is 0.000000845. The van der Waals surface area contributed by atoms with E-state index in [0.717, 1.165) is 31.3 Å². The summed E-state index contributed by atoms with van der Waals surface area (Å²) in [4.78, 5) is 10.3. The lowest BCUT2D eigenvalue weighted by atomic mass is 9.95. The van der Waals surface area contributed by atoms with E-state index in [0.29, 0.717) is 5.92 Å². The second-order valence-electron chi connectivity index (χ2n) is 4.50. The first-order valence-electron chi connectivity index (χ1n) is 4.59. The van der Waals surface area contributed by atoms with E-state index in [1.54, 1.807) is 0 Å². The van der Waals surface area contributed by atoms with Crippen LogP contribution in [0.5, 0.6) is 0 Å². The molecule has 1 aliphatic carbocycles. The maximum Gasteiger partial charge on any atom is 0.207 e. The molecule has 0 aromatic heterocycles. The fourth-order valence-corrected chi connectivity index (χ4v) is 2.74. The quantitative estimate of drug-likeness (QED) is 0.654. The van der Waals surface area contributed by atoms with Crippen LogP contribution < -0.4 is 10.6 Å². The fraction of sp³-hybridized carbons (Fsp3) is 0.889. The van der Waals surface area contributed by atoms with Crippen molar-refractivity contribution in [2.75, 3.05) is 13.1 Å². The van der Waals surface area contributed by atoms with Gasteiger partial charge in [0, 0.05) is 5.54 Å². The number of halogens is 1. The molecule has 13 heavy (non-hydrogen) atoms. The molecule has 2 atom stereocenters. The molecule has 2 fully saturated rings. The summed E-state index contributed by atoms with van der Waals surface area (Å²) >= 11 is 0. The second-order valence-corrected chi connectivity index (χ2v) is 4.50. The van der Waals surface area contributed by atoms with Gasteiger partial charge in [0.15, 0.2) is 0 Å². The number of amides is 1. The van der Waals surface area contributed by atoms with Crippen molar-refractivity contribution >= 4 is 18.8 Å². The molecule has 0 aromatic carbocycles. The highest BCUT2D eigenvalue weighted by molar-refractivity contribution is 5.85. The van der Waals surface area contributed by atoms with Crippen molar-refractivity contribution in [3.05, 3.63) is 0 Å². The summed E-state index contributed by atoms with van der Waals surface area (Å²) in [6, 6.07) is 0. The van der Waals surface area contributed by atoms with Crippen LogP contribution in [-0.2, 0) is 4.79 Å². The Kier molecular flexibility index (Phi) is 2.88. The Morgan fingerprint density at radius 2 is 1.92 bits per heavy atom. The normalized spacial score (nSPS) is 36.0. The number of carbonyl (C=O) groups is 1. The van der Waals surface area contributed by atoms with Gasteiger partial charge in [-0.05, 0) is 44.7 Å². The van der Waals surface area contributed by atoms with E-state index in [2.05, 4.69) is 24.5 Å². The van der Waals surface area contributed by atoms with Gasteiger partial charge in [-0.2, -0.15) is 0 Å². The molecule has 2 rings (SSSR count). The highest BCUT2D eigenvalue weighted by atomic mass is 35.5. The molecule has 1 amide bonds. The predicted molar refractivity (Wildman–Crippen MR) is 53.9 cm³/mol. The van der Waals surface area contributed by atoms with Crippen molar-refractivity contribution in [2.45, 2.75) is 19.4 Å². The molecule has 0 bridgehead atoms. The molecule has 2 unspecified atom stereocenters. The van der Waals surface area contributed by atoms with Gasteiger partial charge in [0.25, 0.3) is 0 Å². The third-order valence-corrected chi connectivity index (χ3v) is 3.36. The van der Waals surface area contributed by atoms with Crippen LogP contribution in [-0.4, -0.2) is 25.0 Å². The average Bonchev–Trinajstić information content (AvgIpc) is 2.50. The maximum absolute atomic E-state index is 10.3. The van der Waals surface area contributed by atoms with Crippen molar-refractivity contribution in [2.24, 2.45) is 17.8 Å². The zero-order valence-corrected chi connectivity index (χ0v) is 8.86. The Morgan fingerprint density at radius 1 is 1.38 bits per heavy atom. The molecule has 0 radical (unpaired) electrons. The molecule has 3 nitrogen and oxygen atoms in total. The maximum atomic E-state index is 10.3. The molecule has 0 aromatic rings. The molecule has 0 spiro atoms. The molecule has 2 aliphatic rings. The van der Waals surface area contributed by atoms with Gasteiger partial charge >= 0.3 is 0 Å². The van der Waals surface area contributed by atoms with Gasteiger partial charge in [0.05, 0.1) is 0 Å². The molecular weight excluding hydrogens is 188 g/mol. The van der Waals surface area contributed by atoms with Gasteiger partial charge < -0.3 is 10.6 Å².